The van der Waals surface area contributed by atoms with Gasteiger partial charge in [-0.25, -0.2) is 0 Å². The highest BCUT2D eigenvalue weighted by atomic mass is 79.9. The largest absolute Gasteiger partial charge is 0.507 e. The summed E-state index contributed by atoms with van der Waals surface area (Å²) in [6.45, 7) is 0.991. The molecule has 1 heterocycles. The predicted molar refractivity (Wildman–Crippen MR) is 87.0 cm³/mol. The Morgan fingerprint density at radius 2 is 2.10 bits per heavy atom. The van der Waals surface area contributed by atoms with Crippen molar-refractivity contribution in [3.8, 4) is 5.75 Å². The average molecular weight is 347 g/mol. The van der Waals surface area contributed by atoms with Gasteiger partial charge in [0.25, 0.3) is 5.91 Å². The molecule has 5 heteroatoms. The third-order valence-electron chi connectivity index (χ3n) is 3.50. The molecule has 1 aliphatic heterocycles. The van der Waals surface area contributed by atoms with Crippen LogP contribution in [0.15, 0.2) is 40.9 Å². The van der Waals surface area contributed by atoms with Gasteiger partial charge in [-0.15, -0.1) is 0 Å². The Balaban J connectivity index is 1.83. The zero-order valence-electron chi connectivity index (χ0n) is 11.3. The van der Waals surface area contributed by atoms with Gasteiger partial charge in [-0.05, 0) is 54.8 Å². The van der Waals surface area contributed by atoms with Gasteiger partial charge in [0.1, 0.15) is 5.75 Å². The second kappa shape index (κ2) is 5.77. The number of aryl methyl sites for hydroxylation is 1. The predicted octanol–water partition coefficient (Wildman–Crippen LogP) is 3.77. The number of fused-ring (bicyclic) bond motifs is 1. The first-order valence-electron chi connectivity index (χ1n) is 6.80. The maximum absolute atomic E-state index is 12.2. The molecule has 0 unspecified atom stereocenters. The summed E-state index contributed by atoms with van der Waals surface area (Å²) in [4.78, 5) is 12.2. The van der Waals surface area contributed by atoms with Crippen LogP contribution in [0.1, 0.15) is 22.3 Å². The van der Waals surface area contributed by atoms with Crippen LogP contribution in [0.5, 0.6) is 5.75 Å². The Bertz CT molecular complexity index is 701. The first kappa shape index (κ1) is 13.9. The summed E-state index contributed by atoms with van der Waals surface area (Å²) in [6, 6.07) is 10.6. The van der Waals surface area contributed by atoms with E-state index in [0.29, 0.717) is 0 Å². The van der Waals surface area contributed by atoms with Crippen LogP contribution >= 0.6 is 15.9 Å². The number of nitrogens with one attached hydrogen (secondary N) is 2. The number of hydrogen-bond donors (Lipinski definition) is 3. The summed E-state index contributed by atoms with van der Waals surface area (Å²) in [5, 5.41) is 15.9. The van der Waals surface area contributed by atoms with E-state index in [1.165, 1.54) is 11.6 Å². The molecule has 0 saturated carbocycles. The lowest BCUT2D eigenvalue weighted by atomic mass is 10.0. The van der Waals surface area contributed by atoms with Crippen LogP contribution in [0.3, 0.4) is 0 Å². The van der Waals surface area contributed by atoms with Gasteiger partial charge in [0.05, 0.1) is 5.56 Å². The van der Waals surface area contributed by atoms with Gasteiger partial charge in [-0.3, -0.25) is 4.79 Å². The summed E-state index contributed by atoms with van der Waals surface area (Å²) in [5.41, 5.74) is 3.32. The van der Waals surface area contributed by atoms with E-state index in [1.807, 2.05) is 18.2 Å². The maximum Gasteiger partial charge on any atom is 0.259 e. The zero-order chi connectivity index (χ0) is 14.8. The van der Waals surface area contributed by atoms with Crippen LogP contribution in [0.4, 0.5) is 11.4 Å². The van der Waals surface area contributed by atoms with E-state index < -0.39 is 0 Å². The van der Waals surface area contributed by atoms with E-state index in [2.05, 4.69) is 26.6 Å². The van der Waals surface area contributed by atoms with Crippen molar-refractivity contribution in [3.63, 3.8) is 0 Å². The van der Waals surface area contributed by atoms with Gasteiger partial charge in [0.15, 0.2) is 0 Å². The molecular weight excluding hydrogens is 332 g/mol. The van der Waals surface area contributed by atoms with Gasteiger partial charge >= 0.3 is 0 Å². The lowest BCUT2D eigenvalue weighted by Gasteiger charge is -2.19. The van der Waals surface area contributed by atoms with Gasteiger partial charge < -0.3 is 15.7 Å². The Labute approximate surface area is 131 Å². The Morgan fingerprint density at radius 1 is 1.24 bits per heavy atom. The lowest BCUT2D eigenvalue weighted by Crippen LogP contribution is -2.14. The summed E-state index contributed by atoms with van der Waals surface area (Å²) >= 11 is 3.30. The minimum atomic E-state index is -0.322. The molecule has 1 aliphatic rings. The molecule has 108 valence electrons. The van der Waals surface area contributed by atoms with E-state index in [9.17, 15) is 9.90 Å². The lowest BCUT2D eigenvalue weighted by molar-refractivity contribution is 0.102. The number of phenolic OH excluding ortho intramolecular Hbond substituents is 1. The number of aromatic hydroxyl groups is 1. The number of anilines is 2. The molecule has 0 spiro atoms. The average Bonchev–Trinajstić information content (AvgIpc) is 2.49. The third kappa shape index (κ3) is 3.03. The van der Waals surface area contributed by atoms with Crippen LogP contribution in [-0.4, -0.2) is 17.6 Å². The fourth-order valence-electron chi connectivity index (χ4n) is 2.44. The van der Waals surface area contributed by atoms with Crippen LogP contribution in [0, 0.1) is 0 Å². The summed E-state index contributed by atoms with van der Waals surface area (Å²) in [6.07, 6.45) is 2.10. The fourth-order valence-corrected chi connectivity index (χ4v) is 2.80. The number of rotatable bonds is 2. The van der Waals surface area contributed by atoms with Crippen LogP contribution in [-0.2, 0) is 6.42 Å². The van der Waals surface area contributed by atoms with Crippen molar-refractivity contribution < 1.29 is 9.90 Å². The molecule has 1 amide bonds. The Hall–Kier alpha value is -2.01. The van der Waals surface area contributed by atoms with Gasteiger partial charge in [0.2, 0.25) is 0 Å². The first-order chi connectivity index (χ1) is 10.1. The number of phenols is 1. The van der Waals surface area contributed by atoms with Crippen molar-refractivity contribution in [3.05, 3.63) is 52.0 Å². The third-order valence-corrected chi connectivity index (χ3v) is 4.00. The second-order valence-electron chi connectivity index (χ2n) is 5.02. The van der Waals surface area contributed by atoms with Crippen molar-refractivity contribution in [1.82, 2.24) is 0 Å². The normalized spacial score (nSPS) is 13.2. The van der Waals surface area contributed by atoms with E-state index >= 15 is 0 Å². The Morgan fingerprint density at radius 3 is 2.95 bits per heavy atom. The smallest absolute Gasteiger partial charge is 0.259 e. The minimum absolute atomic E-state index is 0.0321. The molecule has 0 aliphatic carbocycles. The highest BCUT2D eigenvalue weighted by Crippen LogP contribution is 2.27. The fraction of sp³-hybridized carbons (Fsp3) is 0.188. The summed E-state index contributed by atoms with van der Waals surface area (Å²) in [5.74, 6) is -0.354. The number of carbonyl (C=O) groups excluding carboxylic acids is 1. The molecule has 4 nitrogen and oxygen atoms in total. The second-order valence-corrected chi connectivity index (χ2v) is 5.93. The zero-order valence-corrected chi connectivity index (χ0v) is 12.9. The highest BCUT2D eigenvalue weighted by Gasteiger charge is 2.14. The quantitative estimate of drug-likeness (QED) is 0.775. The molecule has 21 heavy (non-hydrogen) atoms. The SMILES string of the molecule is O=C(Nc1ccc2c(c1)CCCN2)c1cc(Br)ccc1O. The monoisotopic (exact) mass is 346 g/mol. The van der Waals surface area contributed by atoms with Crippen molar-refractivity contribution in [1.29, 1.82) is 0 Å². The molecule has 0 radical (unpaired) electrons. The van der Waals surface area contributed by atoms with Crippen LogP contribution in [0.25, 0.3) is 0 Å². The molecule has 0 fully saturated rings. The first-order valence-corrected chi connectivity index (χ1v) is 7.59. The molecule has 0 aromatic heterocycles. The maximum atomic E-state index is 12.2. The molecule has 0 bridgehead atoms. The molecule has 2 aromatic carbocycles. The van der Waals surface area contributed by atoms with Crippen molar-refractivity contribution in [2.24, 2.45) is 0 Å². The number of benzene rings is 2. The van der Waals surface area contributed by atoms with Crippen molar-refractivity contribution in [2.45, 2.75) is 12.8 Å². The molecular formula is C16H15BrN2O2. The van der Waals surface area contributed by atoms with Crippen molar-refractivity contribution >= 4 is 33.2 Å². The molecule has 2 aromatic rings. The minimum Gasteiger partial charge on any atom is -0.507 e. The topological polar surface area (TPSA) is 61.4 Å². The number of amides is 1. The number of carbonyl (C=O) groups is 1. The number of halogens is 1. The summed E-state index contributed by atoms with van der Waals surface area (Å²) in [7, 11) is 0. The van der Waals surface area contributed by atoms with E-state index in [1.54, 1.807) is 12.1 Å². The van der Waals surface area contributed by atoms with E-state index in [-0.39, 0.29) is 17.2 Å². The van der Waals surface area contributed by atoms with Gasteiger partial charge in [-0.2, -0.15) is 0 Å². The molecule has 3 rings (SSSR count). The van der Waals surface area contributed by atoms with Gasteiger partial charge in [0, 0.05) is 22.4 Å². The molecule has 3 N–H and O–H groups in total. The Kier molecular flexibility index (Phi) is 3.84. The molecule has 0 saturated heterocycles. The highest BCUT2D eigenvalue weighted by molar-refractivity contribution is 9.10. The number of hydrogen-bond acceptors (Lipinski definition) is 3. The standard InChI is InChI=1S/C16H15BrN2O2/c17-11-3-6-15(20)13(9-11)16(21)19-12-4-5-14-10(8-12)2-1-7-18-14/h3-6,8-9,18,20H,1-2,7H2,(H,19,21). The van der Waals surface area contributed by atoms with E-state index in [0.717, 1.165) is 35.2 Å². The van der Waals surface area contributed by atoms with Crippen LogP contribution < -0.4 is 10.6 Å². The van der Waals surface area contributed by atoms with Gasteiger partial charge in [-0.1, -0.05) is 15.9 Å². The molecule has 0 atom stereocenters. The van der Waals surface area contributed by atoms with E-state index in [4.69, 9.17) is 0 Å². The summed E-state index contributed by atoms with van der Waals surface area (Å²) < 4.78 is 0.750. The van der Waals surface area contributed by atoms with Crippen molar-refractivity contribution in [2.75, 3.05) is 17.2 Å². The van der Waals surface area contributed by atoms with Crippen LogP contribution in [0.2, 0.25) is 0 Å².